The molecule has 0 fully saturated rings. The number of carbonyl (C=O) groups excluding carboxylic acids is 3. The van der Waals surface area contributed by atoms with Crippen molar-refractivity contribution in [2.45, 2.75) is 26.7 Å². The zero-order valence-corrected chi connectivity index (χ0v) is 9.03. The Kier molecular flexibility index (Phi) is 6.01. The Morgan fingerprint density at radius 3 is 2.27 bits per heavy atom. The van der Waals surface area contributed by atoms with Gasteiger partial charge in [0.2, 0.25) is 11.7 Å². The molecule has 0 radical (unpaired) electrons. The van der Waals surface area contributed by atoms with Crippen LogP contribution in [0.15, 0.2) is 12.3 Å². The van der Waals surface area contributed by atoms with E-state index >= 15 is 0 Å². The first kappa shape index (κ1) is 13.4. The van der Waals surface area contributed by atoms with Crippen LogP contribution in [-0.2, 0) is 14.4 Å². The second-order valence-electron chi connectivity index (χ2n) is 2.97. The molecule has 2 N–H and O–H groups in total. The van der Waals surface area contributed by atoms with Crippen LogP contribution >= 0.6 is 0 Å². The van der Waals surface area contributed by atoms with Gasteiger partial charge in [0.1, 0.15) is 0 Å². The van der Waals surface area contributed by atoms with Gasteiger partial charge in [-0.25, -0.2) is 0 Å². The molecule has 0 aromatic carbocycles. The second kappa shape index (κ2) is 6.75. The van der Waals surface area contributed by atoms with Crippen molar-refractivity contribution in [3.8, 4) is 0 Å². The lowest BCUT2D eigenvalue weighted by molar-refractivity contribution is -0.133. The van der Waals surface area contributed by atoms with Crippen molar-refractivity contribution in [1.82, 2.24) is 4.90 Å². The molecule has 0 atom stereocenters. The van der Waals surface area contributed by atoms with Crippen LogP contribution in [0.5, 0.6) is 0 Å². The van der Waals surface area contributed by atoms with Gasteiger partial charge in [0.05, 0.1) is 0 Å². The molecular weight excluding hydrogens is 196 g/mol. The maximum absolute atomic E-state index is 11.4. The molecule has 5 nitrogen and oxygen atoms in total. The molecule has 5 heteroatoms. The van der Waals surface area contributed by atoms with Gasteiger partial charge in [-0.2, -0.15) is 0 Å². The van der Waals surface area contributed by atoms with Gasteiger partial charge in [0, 0.05) is 25.2 Å². The van der Waals surface area contributed by atoms with E-state index in [9.17, 15) is 14.4 Å². The average Bonchev–Trinajstić information content (AvgIpc) is 2.18. The van der Waals surface area contributed by atoms with Crippen molar-refractivity contribution < 1.29 is 14.4 Å². The third-order valence-electron chi connectivity index (χ3n) is 1.77. The largest absolute Gasteiger partial charge is 0.363 e. The van der Waals surface area contributed by atoms with Gasteiger partial charge in [-0.15, -0.1) is 0 Å². The molecule has 0 aliphatic heterocycles. The summed E-state index contributed by atoms with van der Waals surface area (Å²) in [6.45, 7) is 4.14. The Balaban J connectivity index is 4.38. The number of hydrogen-bond acceptors (Lipinski definition) is 3. The minimum atomic E-state index is -1.02. The number of primary amides is 1. The molecule has 0 bridgehead atoms. The Bertz CT molecular complexity index is 284. The van der Waals surface area contributed by atoms with Crippen molar-refractivity contribution in [1.29, 1.82) is 0 Å². The van der Waals surface area contributed by atoms with Crippen molar-refractivity contribution in [3.05, 3.63) is 12.3 Å². The molecule has 0 heterocycles. The zero-order valence-electron chi connectivity index (χ0n) is 9.03. The van der Waals surface area contributed by atoms with Gasteiger partial charge in [0.15, 0.2) is 0 Å². The van der Waals surface area contributed by atoms with Crippen LogP contribution in [0.25, 0.3) is 0 Å². The molecule has 2 amide bonds. The highest BCUT2D eigenvalue weighted by Crippen LogP contribution is 1.98. The van der Waals surface area contributed by atoms with Crippen LogP contribution in [0.2, 0.25) is 0 Å². The van der Waals surface area contributed by atoms with E-state index in [4.69, 9.17) is 5.73 Å². The zero-order chi connectivity index (χ0) is 11.8. The monoisotopic (exact) mass is 212 g/mol. The predicted octanol–water partition coefficient (Wildman–Crippen LogP) is 0.203. The van der Waals surface area contributed by atoms with E-state index in [2.05, 4.69) is 0 Å². The van der Waals surface area contributed by atoms with Gasteiger partial charge >= 0.3 is 0 Å². The van der Waals surface area contributed by atoms with E-state index in [0.29, 0.717) is 13.0 Å². The minimum absolute atomic E-state index is 0.0754. The summed E-state index contributed by atoms with van der Waals surface area (Å²) >= 11 is 0. The lowest BCUT2D eigenvalue weighted by Crippen LogP contribution is -2.26. The van der Waals surface area contributed by atoms with Gasteiger partial charge in [-0.1, -0.05) is 6.92 Å². The fraction of sp³-hybridized carbons (Fsp3) is 0.500. The molecule has 0 aliphatic carbocycles. The summed E-state index contributed by atoms with van der Waals surface area (Å²) < 4.78 is 0. The third-order valence-corrected chi connectivity index (χ3v) is 1.77. The van der Waals surface area contributed by atoms with E-state index in [-0.39, 0.29) is 5.91 Å². The fourth-order valence-corrected chi connectivity index (χ4v) is 0.962. The number of amides is 2. The molecule has 0 aliphatic rings. The molecule has 0 rings (SSSR count). The number of nitrogens with two attached hydrogens (primary N) is 1. The second-order valence-corrected chi connectivity index (χ2v) is 2.97. The summed E-state index contributed by atoms with van der Waals surface area (Å²) in [7, 11) is 0. The number of rotatable bonds is 6. The van der Waals surface area contributed by atoms with Crippen molar-refractivity contribution >= 4 is 17.6 Å². The molecule has 0 saturated heterocycles. The quantitative estimate of drug-likeness (QED) is 0.504. The molecular formula is C10H16N2O3. The summed E-state index contributed by atoms with van der Waals surface area (Å²) in [6.07, 6.45) is 3.47. The predicted molar refractivity (Wildman–Crippen MR) is 55.6 cm³/mol. The maximum Gasteiger partial charge on any atom is 0.289 e. The smallest absolute Gasteiger partial charge is 0.289 e. The SMILES string of the molecule is CCCC(=O)N(/C=C/C(=O)C(N)=O)CC. The molecule has 84 valence electrons. The lowest BCUT2D eigenvalue weighted by Gasteiger charge is -2.14. The number of nitrogens with zero attached hydrogens (tertiary/aromatic N) is 1. The van der Waals surface area contributed by atoms with Gasteiger partial charge < -0.3 is 10.6 Å². The van der Waals surface area contributed by atoms with Gasteiger partial charge in [-0.3, -0.25) is 14.4 Å². The minimum Gasteiger partial charge on any atom is -0.363 e. The summed E-state index contributed by atoms with van der Waals surface area (Å²) in [6, 6.07) is 0. The third kappa shape index (κ3) is 4.95. The Hall–Kier alpha value is -1.65. The molecule has 0 aromatic rings. The van der Waals surface area contributed by atoms with Crippen molar-refractivity contribution in [2.24, 2.45) is 5.73 Å². The van der Waals surface area contributed by atoms with Crippen molar-refractivity contribution in [3.63, 3.8) is 0 Å². The molecule has 0 aromatic heterocycles. The molecule has 0 spiro atoms. The topological polar surface area (TPSA) is 80.5 Å². The van der Waals surface area contributed by atoms with Crippen LogP contribution in [0, 0.1) is 0 Å². The summed E-state index contributed by atoms with van der Waals surface area (Å²) in [4.78, 5) is 34.0. The number of hydrogen-bond donors (Lipinski definition) is 1. The Labute approximate surface area is 88.9 Å². The van der Waals surface area contributed by atoms with Crippen LogP contribution in [0.4, 0.5) is 0 Å². The number of carbonyl (C=O) groups is 3. The van der Waals surface area contributed by atoms with Crippen LogP contribution in [0.3, 0.4) is 0 Å². The van der Waals surface area contributed by atoms with E-state index < -0.39 is 11.7 Å². The Morgan fingerprint density at radius 1 is 1.27 bits per heavy atom. The summed E-state index contributed by atoms with van der Waals surface area (Å²) in [5.41, 5.74) is 4.76. The first-order chi connectivity index (χ1) is 7.02. The molecule has 15 heavy (non-hydrogen) atoms. The summed E-state index contributed by atoms with van der Waals surface area (Å²) in [5.74, 6) is -1.91. The van der Waals surface area contributed by atoms with Gasteiger partial charge in [-0.05, 0) is 13.3 Å². The normalized spacial score (nSPS) is 10.3. The molecule has 0 unspecified atom stereocenters. The molecule has 0 saturated carbocycles. The van der Waals surface area contributed by atoms with E-state index in [1.807, 2.05) is 6.92 Å². The van der Waals surface area contributed by atoms with E-state index in [0.717, 1.165) is 12.5 Å². The first-order valence-corrected chi connectivity index (χ1v) is 4.84. The maximum atomic E-state index is 11.4. The number of ketones is 1. The highest BCUT2D eigenvalue weighted by molar-refractivity contribution is 6.40. The fourth-order valence-electron chi connectivity index (χ4n) is 0.962. The highest BCUT2D eigenvalue weighted by atomic mass is 16.2. The standard InChI is InChI=1S/C10H16N2O3/c1-3-5-9(14)12(4-2)7-6-8(13)10(11)15/h6-7H,3-5H2,1-2H3,(H2,11,15)/b7-6+. The van der Waals surface area contributed by atoms with E-state index in [1.165, 1.54) is 11.1 Å². The van der Waals surface area contributed by atoms with Crippen LogP contribution in [0.1, 0.15) is 26.7 Å². The lowest BCUT2D eigenvalue weighted by atomic mass is 10.3. The highest BCUT2D eigenvalue weighted by Gasteiger charge is 2.09. The van der Waals surface area contributed by atoms with Gasteiger partial charge in [0.25, 0.3) is 5.91 Å². The van der Waals surface area contributed by atoms with Crippen molar-refractivity contribution in [2.75, 3.05) is 6.54 Å². The van der Waals surface area contributed by atoms with E-state index in [1.54, 1.807) is 6.92 Å². The summed E-state index contributed by atoms with van der Waals surface area (Å²) in [5, 5.41) is 0. The Morgan fingerprint density at radius 2 is 1.87 bits per heavy atom. The van der Waals surface area contributed by atoms with Crippen LogP contribution in [-0.4, -0.2) is 29.0 Å². The average molecular weight is 212 g/mol. The van der Waals surface area contributed by atoms with Crippen LogP contribution < -0.4 is 5.73 Å². The first-order valence-electron chi connectivity index (χ1n) is 4.84.